The van der Waals surface area contributed by atoms with Crippen LogP contribution in [0.15, 0.2) is 53.4 Å². The molecule has 0 fully saturated rings. The molecule has 0 saturated heterocycles. The molecule has 0 spiro atoms. The highest BCUT2D eigenvalue weighted by Gasteiger charge is 2.20. The molecule has 0 radical (unpaired) electrons. The zero-order chi connectivity index (χ0) is 25.1. The number of nitrogens with zero attached hydrogens (tertiary/aromatic N) is 4. The fraction of sp³-hybridized carbons (Fsp3) is 0.261. The minimum Gasteiger partial charge on any atom is -0.497 e. The van der Waals surface area contributed by atoms with Crippen LogP contribution in [0.1, 0.15) is 0 Å². The van der Waals surface area contributed by atoms with Gasteiger partial charge in [-0.1, -0.05) is 0 Å². The van der Waals surface area contributed by atoms with Crippen LogP contribution in [-0.2, 0) is 10.0 Å². The molecule has 188 valence electrons. The molecular weight excluding hydrogens is 490 g/mol. The maximum Gasteiger partial charge on any atom is 0.240 e. The first kappa shape index (κ1) is 23.6. The monoisotopic (exact) mass is 513 g/mol. The van der Waals surface area contributed by atoms with Gasteiger partial charge in [-0.2, -0.15) is 4.52 Å². The number of sulfonamides is 1. The second-order valence-corrected chi connectivity index (χ2v) is 9.35. The van der Waals surface area contributed by atoms with Gasteiger partial charge in [-0.15, -0.1) is 15.3 Å². The third-order valence-corrected chi connectivity index (χ3v) is 6.81. The molecule has 1 N–H and O–H groups in total. The Morgan fingerprint density at radius 2 is 1.81 bits per heavy atom. The third-order valence-electron chi connectivity index (χ3n) is 5.35. The van der Waals surface area contributed by atoms with E-state index in [1.54, 1.807) is 50.6 Å². The lowest BCUT2D eigenvalue weighted by atomic mass is 10.2. The van der Waals surface area contributed by atoms with E-state index in [0.29, 0.717) is 53.2 Å². The summed E-state index contributed by atoms with van der Waals surface area (Å²) in [5, 5.41) is 12.8. The largest absolute Gasteiger partial charge is 0.497 e. The van der Waals surface area contributed by atoms with Crippen molar-refractivity contribution in [1.29, 1.82) is 0 Å². The summed E-state index contributed by atoms with van der Waals surface area (Å²) in [4.78, 5) is 0.0765. The molecule has 3 heterocycles. The third kappa shape index (κ3) is 4.70. The summed E-state index contributed by atoms with van der Waals surface area (Å²) in [6.07, 6.45) is 0. The van der Waals surface area contributed by atoms with Gasteiger partial charge in [0, 0.05) is 18.7 Å². The maximum absolute atomic E-state index is 12.7. The molecule has 0 bridgehead atoms. The molecule has 4 aromatic rings. The fourth-order valence-corrected chi connectivity index (χ4v) is 4.64. The van der Waals surface area contributed by atoms with Gasteiger partial charge >= 0.3 is 0 Å². The Bertz CT molecular complexity index is 1510. The molecule has 36 heavy (non-hydrogen) atoms. The Morgan fingerprint density at radius 3 is 2.61 bits per heavy atom. The van der Waals surface area contributed by atoms with Gasteiger partial charge in [-0.05, 0) is 36.4 Å². The molecule has 0 aliphatic carbocycles. The standard InChI is InChI=1S/C23H23N5O7S/c1-31-15-3-5-18(32-2)17(13-15)23-26-25-21-7-8-22(27-28(21)23)35-10-9-24-36(29,30)16-4-6-19-20(14-16)34-12-11-33-19/h3-8,13-14,24H,9-12H2,1-2H3. The molecule has 0 saturated carbocycles. The van der Waals surface area contributed by atoms with Crippen LogP contribution >= 0.6 is 0 Å². The van der Waals surface area contributed by atoms with E-state index in [1.165, 1.54) is 16.6 Å². The van der Waals surface area contributed by atoms with Crippen LogP contribution in [0.2, 0.25) is 0 Å². The van der Waals surface area contributed by atoms with Crippen molar-refractivity contribution >= 4 is 15.7 Å². The van der Waals surface area contributed by atoms with E-state index in [4.69, 9.17) is 23.7 Å². The van der Waals surface area contributed by atoms with Crippen LogP contribution in [0.25, 0.3) is 17.0 Å². The van der Waals surface area contributed by atoms with Crippen molar-refractivity contribution in [2.45, 2.75) is 4.90 Å². The maximum atomic E-state index is 12.7. The number of methoxy groups -OCH3 is 2. The fourth-order valence-electron chi connectivity index (χ4n) is 3.61. The van der Waals surface area contributed by atoms with Crippen molar-refractivity contribution < 1.29 is 32.1 Å². The molecule has 2 aromatic carbocycles. The minimum atomic E-state index is -3.77. The molecule has 13 heteroatoms. The van der Waals surface area contributed by atoms with Crippen LogP contribution in [0.3, 0.4) is 0 Å². The molecule has 0 unspecified atom stereocenters. The number of ether oxygens (including phenoxy) is 5. The number of hydrogen-bond acceptors (Lipinski definition) is 10. The number of benzene rings is 2. The lowest BCUT2D eigenvalue weighted by molar-refractivity contribution is 0.171. The number of rotatable bonds is 9. The van der Waals surface area contributed by atoms with Gasteiger partial charge in [0.25, 0.3) is 0 Å². The Kier molecular flexibility index (Phi) is 6.48. The van der Waals surface area contributed by atoms with Crippen LogP contribution in [-0.4, -0.2) is 68.8 Å². The average molecular weight is 514 g/mol. The Balaban J connectivity index is 1.28. The summed E-state index contributed by atoms with van der Waals surface area (Å²) in [6, 6.07) is 13.1. The highest BCUT2D eigenvalue weighted by Crippen LogP contribution is 2.33. The molecule has 12 nitrogen and oxygen atoms in total. The zero-order valence-electron chi connectivity index (χ0n) is 19.5. The van der Waals surface area contributed by atoms with E-state index < -0.39 is 10.0 Å². The first-order valence-electron chi connectivity index (χ1n) is 11.0. The van der Waals surface area contributed by atoms with Gasteiger partial charge in [0.2, 0.25) is 15.9 Å². The summed E-state index contributed by atoms with van der Waals surface area (Å²) in [5.74, 6) is 2.82. The Hall–Kier alpha value is -4.10. The zero-order valence-corrected chi connectivity index (χ0v) is 20.3. The molecule has 1 aliphatic rings. The molecular formula is C23H23N5O7S. The number of aromatic nitrogens is 4. The Labute approximate surface area is 206 Å². The van der Waals surface area contributed by atoms with Crippen LogP contribution in [0.5, 0.6) is 28.9 Å². The van der Waals surface area contributed by atoms with Gasteiger partial charge in [0.05, 0.1) is 24.7 Å². The van der Waals surface area contributed by atoms with Crippen molar-refractivity contribution in [2.24, 2.45) is 0 Å². The number of fused-ring (bicyclic) bond motifs is 2. The van der Waals surface area contributed by atoms with E-state index in [1.807, 2.05) is 0 Å². The molecule has 1 aliphatic heterocycles. The summed E-state index contributed by atoms with van der Waals surface area (Å²) in [7, 11) is -0.641. The van der Waals surface area contributed by atoms with Crippen molar-refractivity contribution in [3.05, 3.63) is 48.5 Å². The topological polar surface area (TPSA) is 135 Å². The predicted molar refractivity (Wildman–Crippen MR) is 127 cm³/mol. The van der Waals surface area contributed by atoms with Crippen molar-refractivity contribution in [3.63, 3.8) is 0 Å². The highest BCUT2D eigenvalue weighted by atomic mass is 32.2. The smallest absolute Gasteiger partial charge is 0.240 e. The average Bonchev–Trinajstić information content (AvgIpc) is 3.33. The summed E-state index contributed by atoms with van der Waals surface area (Å²) in [6.45, 7) is 0.865. The van der Waals surface area contributed by atoms with Gasteiger partial charge in [0.1, 0.15) is 31.3 Å². The van der Waals surface area contributed by atoms with Gasteiger partial charge in [-0.25, -0.2) is 13.1 Å². The van der Waals surface area contributed by atoms with Crippen LogP contribution in [0.4, 0.5) is 0 Å². The van der Waals surface area contributed by atoms with Crippen LogP contribution in [0, 0.1) is 0 Å². The second-order valence-electron chi connectivity index (χ2n) is 7.58. The number of nitrogens with one attached hydrogen (secondary N) is 1. The Morgan fingerprint density at radius 1 is 0.972 bits per heavy atom. The van der Waals surface area contributed by atoms with Crippen molar-refractivity contribution in [1.82, 2.24) is 24.5 Å². The van der Waals surface area contributed by atoms with Crippen molar-refractivity contribution in [3.8, 4) is 40.3 Å². The molecule has 0 amide bonds. The summed E-state index contributed by atoms with van der Waals surface area (Å²) >= 11 is 0. The lowest BCUT2D eigenvalue weighted by Gasteiger charge is -2.18. The molecule has 2 aromatic heterocycles. The van der Waals surface area contributed by atoms with Gasteiger partial charge in [-0.3, -0.25) is 0 Å². The first-order chi connectivity index (χ1) is 17.5. The van der Waals surface area contributed by atoms with Crippen molar-refractivity contribution in [2.75, 3.05) is 40.6 Å². The van der Waals surface area contributed by atoms with Gasteiger partial charge in [0.15, 0.2) is 23.0 Å². The number of hydrogen-bond donors (Lipinski definition) is 1. The van der Waals surface area contributed by atoms with E-state index in [-0.39, 0.29) is 23.9 Å². The first-order valence-corrected chi connectivity index (χ1v) is 12.4. The molecule has 5 rings (SSSR count). The van der Waals surface area contributed by atoms with Crippen LogP contribution < -0.4 is 28.4 Å². The highest BCUT2D eigenvalue weighted by molar-refractivity contribution is 7.89. The van der Waals surface area contributed by atoms with E-state index >= 15 is 0 Å². The lowest BCUT2D eigenvalue weighted by Crippen LogP contribution is -2.28. The van der Waals surface area contributed by atoms with E-state index in [9.17, 15) is 8.42 Å². The predicted octanol–water partition coefficient (Wildman–Crippen LogP) is 1.94. The normalized spacial score (nSPS) is 12.9. The SMILES string of the molecule is COc1ccc(OC)c(-c2nnc3ccc(OCCNS(=O)(=O)c4ccc5c(c4)OCCO5)nn23)c1. The quantitative estimate of drug-likeness (QED) is 0.331. The summed E-state index contributed by atoms with van der Waals surface area (Å²) < 4.78 is 56.7. The second kappa shape index (κ2) is 9.87. The summed E-state index contributed by atoms with van der Waals surface area (Å²) in [5.41, 5.74) is 1.14. The molecule has 0 atom stereocenters. The minimum absolute atomic E-state index is 0.0231. The van der Waals surface area contributed by atoms with E-state index in [0.717, 1.165) is 0 Å². The van der Waals surface area contributed by atoms with E-state index in [2.05, 4.69) is 20.0 Å². The van der Waals surface area contributed by atoms with Gasteiger partial charge < -0.3 is 23.7 Å².